The van der Waals surface area contributed by atoms with E-state index in [1.54, 1.807) is 12.1 Å². The van der Waals surface area contributed by atoms with Gasteiger partial charge < -0.3 is 9.47 Å². The van der Waals surface area contributed by atoms with Crippen molar-refractivity contribution in [3.05, 3.63) is 28.7 Å². The largest absolute Gasteiger partial charge is 0.430 e. The second kappa shape index (κ2) is 3.99. The summed E-state index contributed by atoms with van der Waals surface area (Å²) in [5.41, 5.74) is -2.78. The maximum Gasteiger partial charge on any atom is 0.430 e. The number of halogens is 4. The monoisotopic (exact) mass is 310 g/mol. The maximum atomic E-state index is 12.5. The van der Waals surface area contributed by atoms with E-state index >= 15 is 0 Å². The molecule has 1 atom stereocenters. The van der Waals surface area contributed by atoms with Gasteiger partial charge in [0.1, 0.15) is 5.75 Å². The van der Waals surface area contributed by atoms with E-state index < -0.39 is 24.4 Å². The lowest BCUT2D eigenvalue weighted by molar-refractivity contribution is -0.198. The topological polar surface area (TPSA) is 38.8 Å². The summed E-state index contributed by atoms with van der Waals surface area (Å²) in [6.07, 6.45) is -4.75. The van der Waals surface area contributed by atoms with E-state index in [2.05, 4.69) is 25.4 Å². The number of rotatable bonds is 2. The fourth-order valence-electron chi connectivity index (χ4n) is 1.19. The molecule has 1 aromatic carbocycles. The number of epoxide rings is 1. The lowest BCUT2D eigenvalue weighted by Gasteiger charge is -2.14. The van der Waals surface area contributed by atoms with Crippen LogP contribution in [0.1, 0.15) is 0 Å². The molecular formula is C10H6BrF3O3. The van der Waals surface area contributed by atoms with E-state index in [0.717, 1.165) is 0 Å². The molecule has 0 aliphatic carbocycles. The summed E-state index contributed by atoms with van der Waals surface area (Å²) in [5.74, 6) is -1.41. The van der Waals surface area contributed by atoms with E-state index in [1.807, 2.05) is 0 Å². The van der Waals surface area contributed by atoms with Gasteiger partial charge in [0.25, 0.3) is 5.60 Å². The highest BCUT2D eigenvalue weighted by molar-refractivity contribution is 9.10. The number of ether oxygens (including phenoxy) is 2. The van der Waals surface area contributed by atoms with Crippen molar-refractivity contribution in [2.45, 2.75) is 11.8 Å². The Labute approximate surface area is 103 Å². The van der Waals surface area contributed by atoms with Gasteiger partial charge in [-0.25, -0.2) is 4.79 Å². The molecule has 92 valence electrons. The summed E-state index contributed by atoms with van der Waals surface area (Å²) in [5, 5.41) is 0. The molecule has 0 aromatic heterocycles. The van der Waals surface area contributed by atoms with E-state index in [9.17, 15) is 18.0 Å². The summed E-state index contributed by atoms with van der Waals surface area (Å²) < 4.78 is 46.9. The van der Waals surface area contributed by atoms with Gasteiger partial charge in [-0.2, -0.15) is 13.2 Å². The van der Waals surface area contributed by atoms with Crippen molar-refractivity contribution in [1.29, 1.82) is 0 Å². The Balaban J connectivity index is 2.13. The Morgan fingerprint density at radius 2 is 2.12 bits per heavy atom. The third-order valence-corrected chi connectivity index (χ3v) is 2.72. The normalized spacial score (nSPS) is 23.3. The van der Waals surface area contributed by atoms with E-state index in [1.165, 1.54) is 12.1 Å². The number of hydrogen-bond donors (Lipinski definition) is 0. The van der Waals surface area contributed by atoms with Crippen molar-refractivity contribution >= 4 is 21.9 Å². The predicted molar refractivity (Wildman–Crippen MR) is 54.5 cm³/mol. The molecule has 1 aliphatic heterocycles. The van der Waals surface area contributed by atoms with Crippen LogP contribution in [0.5, 0.6) is 5.75 Å². The smallest absolute Gasteiger partial charge is 0.424 e. The lowest BCUT2D eigenvalue weighted by Crippen LogP contribution is -2.43. The average molecular weight is 311 g/mol. The highest BCUT2D eigenvalue weighted by Gasteiger charge is 2.73. The van der Waals surface area contributed by atoms with Crippen molar-refractivity contribution in [2.75, 3.05) is 6.61 Å². The average Bonchev–Trinajstić information content (AvgIpc) is 2.96. The van der Waals surface area contributed by atoms with Gasteiger partial charge in [-0.3, -0.25) is 0 Å². The van der Waals surface area contributed by atoms with Crippen molar-refractivity contribution in [1.82, 2.24) is 0 Å². The molecule has 1 fully saturated rings. The summed E-state index contributed by atoms with van der Waals surface area (Å²) in [6, 6.07) is 5.98. The number of benzene rings is 1. The van der Waals surface area contributed by atoms with E-state index in [-0.39, 0.29) is 5.75 Å². The first kappa shape index (κ1) is 12.4. The van der Waals surface area contributed by atoms with Crippen LogP contribution in [-0.4, -0.2) is 24.4 Å². The van der Waals surface area contributed by atoms with Gasteiger partial charge in [0, 0.05) is 4.47 Å². The highest BCUT2D eigenvalue weighted by Crippen LogP contribution is 2.44. The minimum absolute atomic E-state index is 0.0310. The van der Waals surface area contributed by atoms with Crippen LogP contribution in [0.2, 0.25) is 0 Å². The van der Waals surface area contributed by atoms with Crippen LogP contribution in [0.4, 0.5) is 13.2 Å². The fourth-order valence-corrected chi connectivity index (χ4v) is 1.57. The fraction of sp³-hybridized carbons (Fsp3) is 0.300. The Bertz CT molecular complexity index is 454. The van der Waals surface area contributed by atoms with Crippen LogP contribution in [0.3, 0.4) is 0 Å². The molecule has 1 aliphatic rings. The summed E-state index contributed by atoms with van der Waals surface area (Å²) in [7, 11) is 0. The standard InChI is InChI=1S/C10H6BrF3O3/c11-6-2-1-3-7(4-6)17-8(15)9(5-16-9)10(12,13)14/h1-4H,5H2/t9-/m1/s1. The summed E-state index contributed by atoms with van der Waals surface area (Å²) in [4.78, 5) is 11.4. The zero-order valence-electron chi connectivity index (χ0n) is 8.25. The van der Waals surface area contributed by atoms with Crippen LogP contribution in [0, 0.1) is 0 Å². The van der Waals surface area contributed by atoms with Crippen LogP contribution < -0.4 is 4.74 Å². The number of hydrogen-bond acceptors (Lipinski definition) is 3. The van der Waals surface area contributed by atoms with Gasteiger partial charge in [0.05, 0.1) is 6.61 Å². The Kier molecular flexibility index (Phi) is 2.90. The lowest BCUT2D eigenvalue weighted by atomic mass is 10.1. The van der Waals surface area contributed by atoms with Gasteiger partial charge in [0.15, 0.2) is 0 Å². The predicted octanol–water partition coefficient (Wildman–Crippen LogP) is 2.69. The quantitative estimate of drug-likeness (QED) is 0.479. The zero-order valence-corrected chi connectivity index (χ0v) is 9.84. The SMILES string of the molecule is O=C(Oc1cccc(Br)c1)[C@@]1(C(F)(F)F)CO1. The van der Waals surface area contributed by atoms with Gasteiger partial charge in [0.2, 0.25) is 0 Å². The highest BCUT2D eigenvalue weighted by atomic mass is 79.9. The van der Waals surface area contributed by atoms with E-state index in [0.29, 0.717) is 4.47 Å². The molecule has 0 amide bonds. The molecule has 1 saturated heterocycles. The molecule has 1 aromatic rings. The Morgan fingerprint density at radius 3 is 2.59 bits per heavy atom. The number of carbonyl (C=O) groups is 1. The number of esters is 1. The molecule has 0 radical (unpaired) electrons. The second-order valence-corrected chi connectivity index (χ2v) is 4.38. The first-order valence-corrected chi connectivity index (χ1v) is 5.33. The molecule has 0 spiro atoms. The molecular weight excluding hydrogens is 305 g/mol. The molecule has 7 heteroatoms. The third-order valence-electron chi connectivity index (χ3n) is 2.23. The minimum Gasteiger partial charge on any atom is -0.424 e. The Morgan fingerprint density at radius 1 is 1.47 bits per heavy atom. The van der Waals surface area contributed by atoms with Gasteiger partial charge >= 0.3 is 12.1 Å². The van der Waals surface area contributed by atoms with Crippen LogP contribution in [0.15, 0.2) is 28.7 Å². The third kappa shape index (κ3) is 2.30. The van der Waals surface area contributed by atoms with Gasteiger partial charge in [-0.1, -0.05) is 22.0 Å². The van der Waals surface area contributed by atoms with Crippen molar-refractivity contribution in [2.24, 2.45) is 0 Å². The zero-order chi connectivity index (χ0) is 12.7. The second-order valence-electron chi connectivity index (χ2n) is 3.46. The van der Waals surface area contributed by atoms with Crippen molar-refractivity contribution in [3.8, 4) is 5.75 Å². The van der Waals surface area contributed by atoms with Crippen LogP contribution in [-0.2, 0) is 9.53 Å². The van der Waals surface area contributed by atoms with Gasteiger partial charge in [-0.05, 0) is 18.2 Å². The van der Waals surface area contributed by atoms with Crippen molar-refractivity contribution in [3.63, 3.8) is 0 Å². The van der Waals surface area contributed by atoms with E-state index in [4.69, 9.17) is 0 Å². The first-order valence-electron chi connectivity index (χ1n) is 4.54. The molecule has 3 nitrogen and oxygen atoms in total. The Hall–Kier alpha value is -1.08. The van der Waals surface area contributed by atoms with Crippen LogP contribution >= 0.6 is 15.9 Å². The molecule has 0 N–H and O–H groups in total. The summed E-state index contributed by atoms with van der Waals surface area (Å²) >= 11 is 3.11. The molecule has 17 heavy (non-hydrogen) atoms. The molecule has 2 rings (SSSR count). The first-order chi connectivity index (χ1) is 7.85. The maximum absolute atomic E-state index is 12.5. The molecule has 0 unspecified atom stereocenters. The minimum atomic E-state index is -4.75. The molecule has 0 bridgehead atoms. The van der Waals surface area contributed by atoms with Crippen molar-refractivity contribution < 1.29 is 27.4 Å². The molecule has 1 heterocycles. The molecule has 0 saturated carbocycles. The number of carbonyl (C=O) groups excluding carboxylic acids is 1. The van der Waals surface area contributed by atoms with Crippen LogP contribution in [0.25, 0.3) is 0 Å². The number of alkyl halides is 3. The van der Waals surface area contributed by atoms with Gasteiger partial charge in [-0.15, -0.1) is 0 Å². The summed E-state index contributed by atoms with van der Waals surface area (Å²) in [6.45, 7) is -0.691.